The third-order valence-corrected chi connectivity index (χ3v) is 1.73. The molecule has 0 radical (unpaired) electrons. The van der Waals surface area contributed by atoms with Crippen LogP contribution in [0.1, 0.15) is 0 Å². The standard InChI is InChI=1S/C6H3F9O2/c7-4(8,9)1-2(5(10,11)12)17-3(16-1)6(13,14)15/h1-3H. The fraction of sp³-hybridized carbons (Fsp3) is 1.00. The summed E-state index contributed by atoms with van der Waals surface area (Å²) in [5, 5.41) is 0. The van der Waals surface area contributed by atoms with Crippen molar-refractivity contribution in [2.75, 3.05) is 0 Å². The number of hydrogen-bond acceptors (Lipinski definition) is 2. The van der Waals surface area contributed by atoms with Gasteiger partial charge in [-0.25, -0.2) is 0 Å². The maximum atomic E-state index is 12.0. The van der Waals surface area contributed by atoms with Crippen LogP contribution in [-0.4, -0.2) is 37.0 Å². The molecule has 2 nitrogen and oxygen atoms in total. The van der Waals surface area contributed by atoms with E-state index in [1.807, 2.05) is 0 Å². The summed E-state index contributed by atoms with van der Waals surface area (Å²) in [5.74, 6) is 0. The van der Waals surface area contributed by atoms with Gasteiger partial charge in [-0.15, -0.1) is 0 Å². The molecular weight excluding hydrogens is 275 g/mol. The molecule has 1 aliphatic rings. The van der Waals surface area contributed by atoms with Gasteiger partial charge in [0.15, 0.2) is 12.2 Å². The van der Waals surface area contributed by atoms with Gasteiger partial charge in [0, 0.05) is 0 Å². The first kappa shape index (κ1) is 14.4. The van der Waals surface area contributed by atoms with E-state index in [2.05, 4.69) is 9.47 Å². The van der Waals surface area contributed by atoms with Gasteiger partial charge in [0.05, 0.1) is 0 Å². The van der Waals surface area contributed by atoms with E-state index in [1.165, 1.54) is 0 Å². The zero-order valence-electron chi connectivity index (χ0n) is 7.45. The molecule has 1 saturated heterocycles. The van der Waals surface area contributed by atoms with Crippen LogP contribution < -0.4 is 0 Å². The first-order chi connectivity index (χ1) is 7.33. The quantitative estimate of drug-likeness (QED) is 0.634. The average molecular weight is 278 g/mol. The van der Waals surface area contributed by atoms with Gasteiger partial charge in [-0.2, -0.15) is 39.5 Å². The van der Waals surface area contributed by atoms with E-state index in [0.717, 1.165) is 0 Å². The topological polar surface area (TPSA) is 18.5 Å². The lowest BCUT2D eigenvalue weighted by Crippen LogP contribution is -2.45. The Morgan fingerprint density at radius 1 is 0.529 bits per heavy atom. The van der Waals surface area contributed by atoms with Crippen LogP contribution >= 0.6 is 0 Å². The summed E-state index contributed by atoms with van der Waals surface area (Å²) in [5.41, 5.74) is 0. The van der Waals surface area contributed by atoms with Gasteiger partial charge in [-0.05, 0) is 0 Å². The van der Waals surface area contributed by atoms with Gasteiger partial charge >= 0.3 is 18.5 Å². The third-order valence-electron chi connectivity index (χ3n) is 1.73. The molecule has 0 aromatic carbocycles. The molecule has 1 rings (SSSR count). The maximum Gasteiger partial charge on any atom is 0.440 e. The smallest absolute Gasteiger partial charge is 0.329 e. The number of rotatable bonds is 0. The van der Waals surface area contributed by atoms with E-state index in [-0.39, 0.29) is 0 Å². The largest absolute Gasteiger partial charge is 0.440 e. The van der Waals surface area contributed by atoms with Crippen LogP contribution in [0.4, 0.5) is 39.5 Å². The maximum absolute atomic E-state index is 12.0. The SMILES string of the molecule is FC(F)(F)C1OC(C(F)(F)F)C(C(F)(F)F)O1. The van der Waals surface area contributed by atoms with Crippen LogP contribution in [0, 0.1) is 0 Å². The fourth-order valence-electron chi connectivity index (χ4n) is 1.09. The summed E-state index contributed by atoms with van der Waals surface area (Å²) in [6.07, 6.45) is -27.6. The molecule has 0 aromatic heterocycles. The molecule has 11 heteroatoms. The summed E-state index contributed by atoms with van der Waals surface area (Å²) in [6, 6.07) is 0. The van der Waals surface area contributed by atoms with Crippen molar-refractivity contribution in [2.45, 2.75) is 37.0 Å². The van der Waals surface area contributed by atoms with Gasteiger partial charge in [-0.1, -0.05) is 0 Å². The van der Waals surface area contributed by atoms with Gasteiger partial charge < -0.3 is 9.47 Å². The van der Waals surface area contributed by atoms with Crippen molar-refractivity contribution in [1.82, 2.24) is 0 Å². The van der Waals surface area contributed by atoms with Crippen LogP contribution in [0.3, 0.4) is 0 Å². The Morgan fingerprint density at radius 2 is 0.824 bits per heavy atom. The van der Waals surface area contributed by atoms with Crippen LogP contribution in [0.15, 0.2) is 0 Å². The molecular formula is C6H3F9O2. The molecule has 2 unspecified atom stereocenters. The predicted molar refractivity (Wildman–Crippen MR) is 31.7 cm³/mol. The van der Waals surface area contributed by atoms with Crippen molar-refractivity contribution < 1.29 is 49.0 Å². The summed E-state index contributed by atoms with van der Waals surface area (Å²) in [4.78, 5) is 0. The highest BCUT2D eigenvalue weighted by atomic mass is 19.4. The minimum absolute atomic E-state index is 3.24. The second kappa shape index (κ2) is 3.90. The van der Waals surface area contributed by atoms with Crippen molar-refractivity contribution >= 4 is 0 Å². The van der Waals surface area contributed by atoms with E-state index in [1.54, 1.807) is 0 Å². The van der Waals surface area contributed by atoms with E-state index in [0.29, 0.717) is 0 Å². The molecule has 0 spiro atoms. The van der Waals surface area contributed by atoms with Crippen LogP contribution in [0.5, 0.6) is 0 Å². The van der Waals surface area contributed by atoms with Gasteiger partial charge in [-0.3, -0.25) is 0 Å². The summed E-state index contributed by atoms with van der Waals surface area (Å²) in [6.45, 7) is 0. The lowest BCUT2D eigenvalue weighted by molar-refractivity contribution is -0.298. The molecule has 0 aliphatic carbocycles. The molecule has 0 aromatic rings. The van der Waals surface area contributed by atoms with Gasteiger partial charge in [0.2, 0.25) is 0 Å². The summed E-state index contributed by atoms with van der Waals surface area (Å²) < 4.78 is 114. The minimum atomic E-state index is -5.61. The highest BCUT2D eigenvalue weighted by molar-refractivity contribution is 4.89. The third kappa shape index (κ3) is 3.15. The predicted octanol–water partition coefficient (Wildman–Crippen LogP) is 2.78. The van der Waals surface area contributed by atoms with E-state index < -0.39 is 37.0 Å². The highest BCUT2D eigenvalue weighted by Crippen LogP contribution is 2.43. The Kier molecular flexibility index (Phi) is 3.29. The Bertz CT molecular complexity index is 255. The zero-order valence-corrected chi connectivity index (χ0v) is 7.45. The zero-order chi connectivity index (χ0) is 13.6. The molecule has 0 N–H and O–H groups in total. The molecule has 1 aliphatic heterocycles. The fourth-order valence-corrected chi connectivity index (χ4v) is 1.09. The normalized spacial score (nSPS) is 31.9. The van der Waals surface area contributed by atoms with Crippen molar-refractivity contribution in [2.24, 2.45) is 0 Å². The Labute approximate surface area is 87.3 Å². The molecule has 0 bridgehead atoms. The molecule has 2 atom stereocenters. The lowest BCUT2D eigenvalue weighted by Gasteiger charge is -2.21. The number of halogens is 9. The number of hydrogen-bond donors (Lipinski definition) is 0. The molecule has 0 saturated carbocycles. The van der Waals surface area contributed by atoms with Crippen molar-refractivity contribution in [1.29, 1.82) is 0 Å². The number of alkyl halides is 9. The summed E-state index contributed by atoms with van der Waals surface area (Å²) in [7, 11) is 0. The van der Waals surface area contributed by atoms with E-state index in [9.17, 15) is 39.5 Å². The second-order valence-electron chi connectivity index (χ2n) is 3.07. The first-order valence-corrected chi connectivity index (χ1v) is 3.84. The monoisotopic (exact) mass is 278 g/mol. The van der Waals surface area contributed by atoms with E-state index >= 15 is 0 Å². The second-order valence-corrected chi connectivity index (χ2v) is 3.07. The van der Waals surface area contributed by atoms with Gasteiger partial charge in [0.25, 0.3) is 6.29 Å². The van der Waals surface area contributed by atoms with Crippen molar-refractivity contribution in [3.63, 3.8) is 0 Å². The molecule has 1 fully saturated rings. The lowest BCUT2D eigenvalue weighted by atomic mass is 10.2. The number of ether oxygens (including phenoxy) is 2. The van der Waals surface area contributed by atoms with Gasteiger partial charge in [0.1, 0.15) is 0 Å². The van der Waals surface area contributed by atoms with Crippen LogP contribution in [0.25, 0.3) is 0 Å². The Hall–Kier alpha value is -0.710. The molecule has 17 heavy (non-hydrogen) atoms. The summed E-state index contributed by atoms with van der Waals surface area (Å²) >= 11 is 0. The van der Waals surface area contributed by atoms with E-state index in [4.69, 9.17) is 0 Å². The molecule has 1 heterocycles. The van der Waals surface area contributed by atoms with Crippen LogP contribution in [-0.2, 0) is 9.47 Å². The minimum Gasteiger partial charge on any atom is -0.329 e. The molecule has 102 valence electrons. The van der Waals surface area contributed by atoms with Crippen molar-refractivity contribution in [3.8, 4) is 0 Å². The molecule has 0 amide bonds. The first-order valence-electron chi connectivity index (χ1n) is 3.84. The Balaban J connectivity index is 2.96. The average Bonchev–Trinajstić information content (AvgIpc) is 2.42. The highest BCUT2D eigenvalue weighted by Gasteiger charge is 2.66. The van der Waals surface area contributed by atoms with Crippen LogP contribution in [0.2, 0.25) is 0 Å². The Morgan fingerprint density at radius 3 is 1.00 bits per heavy atom. The van der Waals surface area contributed by atoms with Crippen molar-refractivity contribution in [3.05, 3.63) is 0 Å².